The molecule has 0 aliphatic rings. The molecule has 1 atom stereocenters. The highest BCUT2D eigenvalue weighted by molar-refractivity contribution is 6.22. The van der Waals surface area contributed by atoms with Gasteiger partial charge in [-0.25, -0.2) is 0 Å². The van der Waals surface area contributed by atoms with Crippen molar-refractivity contribution in [3.05, 3.63) is 47.7 Å². The number of rotatable bonds is 6. The molecule has 1 aromatic heterocycles. The molecule has 1 heterocycles. The van der Waals surface area contributed by atoms with Gasteiger partial charge in [0.15, 0.2) is 0 Å². The van der Waals surface area contributed by atoms with E-state index >= 15 is 0 Å². The van der Waals surface area contributed by atoms with Crippen molar-refractivity contribution in [3.8, 4) is 0 Å². The zero-order valence-electron chi connectivity index (χ0n) is 10.2. The molecule has 0 aliphatic carbocycles. The van der Waals surface area contributed by atoms with Gasteiger partial charge in [0.1, 0.15) is 12.0 Å². The van der Waals surface area contributed by atoms with Crippen molar-refractivity contribution in [2.24, 2.45) is 0 Å². The lowest BCUT2D eigenvalue weighted by atomic mass is 10.1. The molecule has 0 fully saturated rings. The number of alkyl halides is 1. The van der Waals surface area contributed by atoms with E-state index in [4.69, 9.17) is 20.8 Å². The van der Waals surface area contributed by atoms with E-state index in [0.29, 0.717) is 25.0 Å². The Morgan fingerprint density at radius 1 is 1.28 bits per heavy atom. The summed E-state index contributed by atoms with van der Waals surface area (Å²) in [7, 11) is 0. The first-order chi connectivity index (χ1) is 8.81. The fourth-order valence-electron chi connectivity index (χ4n) is 1.50. The Kier molecular flexibility index (Phi) is 4.73. The van der Waals surface area contributed by atoms with Crippen LogP contribution in [0.1, 0.15) is 36.1 Å². The Balaban J connectivity index is 2.01. The zero-order valence-corrected chi connectivity index (χ0v) is 10.9. The van der Waals surface area contributed by atoms with E-state index in [1.54, 1.807) is 0 Å². The monoisotopic (exact) mass is 266 g/mol. The van der Waals surface area contributed by atoms with Crippen LogP contribution in [0.5, 0.6) is 0 Å². The largest absolute Gasteiger partial charge is 0.421 e. The van der Waals surface area contributed by atoms with Crippen LogP contribution in [0.25, 0.3) is 0 Å². The summed E-state index contributed by atoms with van der Waals surface area (Å²) < 4.78 is 10.8. The molecule has 0 saturated carbocycles. The van der Waals surface area contributed by atoms with E-state index in [-0.39, 0.29) is 0 Å². The van der Waals surface area contributed by atoms with Crippen LogP contribution < -0.4 is 0 Å². The highest BCUT2D eigenvalue weighted by Crippen LogP contribution is 2.27. The maximum Gasteiger partial charge on any atom is 0.242 e. The van der Waals surface area contributed by atoms with Crippen LogP contribution in [0.4, 0.5) is 0 Å². The Hall–Kier alpha value is -1.39. The highest BCUT2D eigenvalue weighted by Gasteiger charge is 2.17. The summed E-state index contributed by atoms with van der Waals surface area (Å²) in [6, 6.07) is 9.63. The Morgan fingerprint density at radius 2 is 2.06 bits per heavy atom. The molecule has 1 unspecified atom stereocenters. The second-order valence-electron chi connectivity index (χ2n) is 3.86. The van der Waals surface area contributed by atoms with Crippen LogP contribution in [0.3, 0.4) is 0 Å². The molecule has 0 aliphatic heterocycles. The molecule has 4 nitrogen and oxygen atoms in total. The molecule has 0 bridgehead atoms. The van der Waals surface area contributed by atoms with E-state index in [1.807, 2.05) is 37.3 Å². The molecule has 0 N–H and O–H groups in total. The maximum absolute atomic E-state index is 6.27. The lowest BCUT2D eigenvalue weighted by molar-refractivity contribution is 0.102. The summed E-state index contributed by atoms with van der Waals surface area (Å²) in [4.78, 5) is 0. The molecule has 0 spiro atoms. The topological polar surface area (TPSA) is 48.2 Å². The molecule has 0 amide bonds. The molecule has 0 saturated heterocycles. The van der Waals surface area contributed by atoms with E-state index in [9.17, 15) is 0 Å². The van der Waals surface area contributed by atoms with Crippen LogP contribution in [-0.4, -0.2) is 16.8 Å². The predicted molar refractivity (Wildman–Crippen MR) is 68.4 cm³/mol. The van der Waals surface area contributed by atoms with Gasteiger partial charge in [-0.15, -0.1) is 21.8 Å². The normalized spacial score (nSPS) is 12.6. The molecule has 0 radical (unpaired) electrons. The van der Waals surface area contributed by atoms with Crippen LogP contribution in [0, 0.1) is 0 Å². The van der Waals surface area contributed by atoms with Gasteiger partial charge in [0.25, 0.3) is 0 Å². The number of nitrogens with zero attached hydrogens (tertiary/aromatic N) is 2. The zero-order chi connectivity index (χ0) is 12.8. The van der Waals surface area contributed by atoms with Crippen molar-refractivity contribution in [1.82, 2.24) is 10.2 Å². The lowest BCUT2D eigenvalue weighted by Crippen LogP contribution is -1.94. The number of benzene rings is 1. The van der Waals surface area contributed by atoms with Crippen molar-refractivity contribution < 1.29 is 9.15 Å². The van der Waals surface area contributed by atoms with Crippen LogP contribution in [-0.2, 0) is 11.3 Å². The lowest BCUT2D eigenvalue weighted by Gasteiger charge is -2.03. The number of hydrogen-bond acceptors (Lipinski definition) is 4. The third kappa shape index (κ3) is 3.31. The van der Waals surface area contributed by atoms with Crippen molar-refractivity contribution in [1.29, 1.82) is 0 Å². The fraction of sp³-hybridized carbons (Fsp3) is 0.385. The highest BCUT2D eigenvalue weighted by atomic mass is 35.5. The molecule has 96 valence electrons. The van der Waals surface area contributed by atoms with E-state index < -0.39 is 5.38 Å². The number of halogens is 1. The number of ether oxygens (including phenoxy) is 1. The minimum Gasteiger partial charge on any atom is -0.421 e. The first-order valence-electron chi connectivity index (χ1n) is 5.90. The second-order valence-corrected chi connectivity index (χ2v) is 4.30. The summed E-state index contributed by atoms with van der Waals surface area (Å²) in [5.74, 6) is 0.859. The summed E-state index contributed by atoms with van der Waals surface area (Å²) in [5, 5.41) is 7.43. The minimum atomic E-state index is -0.418. The van der Waals surface area contributed by atoms with Crippen molar-refractivity contribution in [2.75, 3.05) is 6.61 Å². The van der Waals surface area contributed by atoms with Gasteiger partial charge in [0.2, 0.25) is 11.8 Å². The number of hydrogen-bond donors (Lipinski definition) is 0. The Bertz CT molecular complexity index is 473. The fourth-order valence-corrected chi connectivity index (χ4v) is 1.73. The van der Waals surface area contributed by atoms with Gasteiger partial charge in [-0.2, -0.15) is 0 Å². The van der Waals surface area contributed by atoms with Gasteiger partial charge >= 0.3 is 0 Å². The first-order valence-corrected chi connectivity index (χ1v) is 6.34. The van der Waals surface area contributed by atoms with Gasteiger partial charge in [-0.3, -0.25) is 0 Å². The van der Waals surface area contributed by atoms with Crippen molar-refractivity contribution >= 4 is 11.6 Å². The molecule has 18 heavy (non-hydrogen) atoms. The average Bonchev–Trinajstić information content (AvgIpc) is 2.88. The average molecular weight is 267 g/mol. The van der Waals surface area contributed by atoms with Gasteiger partial charge in [-0.1, -0.05) is 37.3 Å². The standard InChI is InChI=1S/C13H15ClN2O2/c1-2-8-17-9-11-15-16-13(18-11)12(14)10-6-4-3-5-7-10/h3-7,12H,2,8-9H2,1H3. The van der Waals surface area contributed by atoms with E-state index in [0.717, 1.165) is 12.0 Å². The summed E-state index contributed by atoms with van der Waals surface area (Å²) >= 11 is 6.27. The predicted octanol–water partition coefficient (Wildman–Crippen LogP) is 3.32. The summed E-state index contributed by atoms with van der Waals surface area (Å²) in [5.41, 5.74) is 0.934. The van der Waals surface area contributed by atoms with Crippen LogP contribution >= 0.6 is 11.6 Å². The van der Waals surface area contributed by atoms with Crippen molar-refractivity contribution in [3.63, 3.8) is 0 Å². The van der Waals surface area contributed by atoms with Crippen molar-refractivity contribution in [2.45, 2.75) is 25.3 Å². The molecule has 5 heteroatoms. The van der Waals surface area contributed by atoms with Gasteiger partial charge < -0.3 is 9.15 Å². The molecular formula is C13H15ClN2O2. The molecule has 2 rings (SSSR count). The van der Waals surface area contributed by atoms with Crippen LogP contribution in [0.15, 0.2) is 34.7 Å². The molecular weight excluding hydrogens is 252 g/mol. The third-order valence-corrected chi connectivity index (χ3v) is 2.80. The van der Waals surface area contributed by atoms with Gasteiger partial charge in [0.05, 0.1) is 0 Å². The molecule has 1 aromatic carbocycles. The summed E-state index contributed by atoms with van der Waals surface area (Å²) in [6.07, 6.45) is 0.961. The SMILES string of the molecule is CCCOCc1nnc(C(Cl)c2ccccc2)o1. The molecule has 2 aromatic rings. The second kappa shape index (κ2) is 6.52. The minimum absolute atomic E-state index is 0.333. The maximum atomic E-state index is 6.27. The van der Waals surface area contributed by atoms with E-state index in [1.165, 1.54) is 0 Å². The summed E-state index contributed by atoms with van der Waals surface area (Å²) in [6.45, 7) is 3.06. The van der Waals surface area contributed by atoms with Gasteiger partial charge in [0, 0.05) is 6.61 Å². The van der Waals surface area contributed by atoms with Crippen LogP contribution in [0.2, 0.25) is 0 Å². The smallest absolute Gasteiger partial charge is 0.242 e. The Morgan fingerprint density at radius 3 is 2.78 bits per heavy atom. The van der Waals surface area contributed by atoms with Gasteiger partial charge in [-0.05, 0) is 12.0 Å². The Labute approximate surface area is 111 Å². The van der Waals surface area contributed by atoms with E-state index in [2.05, 4.69) is 10.2 Å². The third-order valence-electron chi connectivity index (χ3n) is 2.37. The quantitative estimate of drug-likeness (QED) is 0.594. The number of aromatic nitrogens is 2. The first kappa shape index (κ1) is 13.1.